The van der Waals surface area contributed by atoms with Crippen LogP contribution in [-0.2, 0) is 10.0 Å². The zero-order valence-corrected chi connectivity index (χ0v) is 19.0. The third-order valence-electron chi connectivity index (χ3n) is 5.37. The highest BCUT2D eigenvalue weighted by atomic mass is 32.2. The van der Waals surface area contributed by atoms with Gasteiger partial charge in [0, 0.05) is 23.4 Å². The molecule has 1 aliphatic carbocycles. The van der Waals surface area contributed by atoms with Crippen LogP contribution < -0.4 is 24.2 Å². The molecule has 1 amide bonds. The quantitative estimate of drug-likeness (QED) is 0.641. The van der Waals surface area contributed by atoms with Crippen molar-refractivity contribution in [1.29, 1.82) is 0 Å². The van der Waals surface area contributed by atoms with Gasteiger partial charge in [-0.25, -0.2) is 13.1 Å². The molecule has 1 saturated carbocycles. The summed E-state index contributed by atoms with van der Waals surface area (Å²) in [7, 11) is 0.612. The van der Waals surface area contributed by atoms with E-state index in [1.807, 2.05) is 6.92 Å². The summed E-state index contributed by atoms with van der Waals surface area (Å²) in [6.45, 7) is 1.83. The van der Waals surface area contributed by atoms with Crippen molar-refractivity contribution in [2.24, 2.45) is 0 Å². The number of hydrogen-bond acceptors (Lipinski definition) is 6. The molecule has 0 spiro atoms. The highest BCUT2D eigenvalue weighted by Gasteiger charge is 2.26. The van der Waals surface area contributed by atoms with Crippen LogP contribution in [0.5, 0.6) is 17.2 Å². The van der Waals surface area contributed by atoms with Crippen molar-refractivity contribution in [2.45, 2.75) is 43.5 Å². The first-order chi connectivity index (χ1) is 14.8. The summed E-state index contributed by atoms with van der Waals surface area (Å²) < 4.78 is 44.4. The maximum absolute atomic E-state index is 13.0. The smallest absolute Gasteiger partial charge is 0.255 e. The number of carbonyl (C=O) groups excluding carboxylic acids is 1. The van der Waals surface area contributed by atoms with E-state index in [0.29, 0.717) is 17.2 Å². The third-order valence-corrected chi connectivity index (χ3v) is 6.91. The first-order valence-corrected chi connectivity index (χ1v) is 11.5. The summed E-state index contributed by atoms with van der Waals surface area (Å²) in [6, 6.07) is 7.67. The third kappa shape index (κ3) is 5.11. The Morgan fingerprint density at radius 1 is 0.935 bits per heavy atom. The van der Waals surface area contributed by atoms with E-state index in [4.69, 9.17) is 14.2 Å². The first-order valence-electron chi connectivity index (χ1n) is 10.0. The predicted octanol–water partition coefficient (Wildman–Crippen LogP) is 3.49. The molecule has 0 radical (unpaired) electrons. The molecule has 0 saturated heterocycles. The monoisotopic (exact) mass is 448 g/mol. The Balaban J connectivity index is 1.89. The van der Waals surface area contributed by atoms with Crippen LogP contribution in [0.15, 0.2) is 35.2 Å². The van der Waals surface area contributed by atoms with Crippen molar-refractivity contribution >= 4 is 21.6 Å². The Labute approximate surface area is 182 Å². The van der Waals surface area contributed by atoms with Gasteiger partial charge in [0.05, 0.1) is 21.3 Å². The molecule has 168 valence electrons. The van der Waals surface area contributed by atoms with Gasteiger partial charge in [-0.2, -0.15) is 0 Å². The first kappa shape index (κ1) is 22.9. The second kappa shape index (κ2) is 9.57. The molecule has 1 fully saturated rings. The summed E-state index contributed by atoms with van der Waals surface area (Å²) in [5, 5.41) is 2.81. The van der Waals surface area contributed by atoms with E-state index in [2.05, 4.69) is 10.0 Å². The van der Waals surface area contributed by atoms with Crippen molar-refractivity contribution in [2.75, 3.05) is 26.6 Å². The van der Waals surface area contributed by atoms with Gasteiger partial charge in [0.25, 0.3) is 5.91 Å². The second-order valence-corrected chi connectivity index (χ2v) is 9.13. The summed E-state index contributed by atoms with van der Waals surface area (Å²) in [5.74, 6) is 0.760. The molecule has 3 rings (SSSR count). The molecule has 2 aromatic carbocycles. The number of anilines is 1. The van der Waals surface area contributed by atoms with Gasteiger partial charge in [-0.1, -0.05) is 12.8 Å². The van der Waals surface area contributed by atoms with Gasteiger partial charge in [-0.3, -0.25) is 4.79 Å². The highest BCUT2D eigenvalue weighted by Crippen LogP contribution is 2.33. The molecule has 31 heavy (non-hydrogen) atoms. The Morgan fingerprint density at radius 2 is 1.55 bits per heavy atom. The Hall–Kier alpha value is -2.78. The van der Waals surface area contributed by atoms with Gasteiger partial charge in [0.2, 0.25) is 10.0 Å². The fourth-order valence-corrected chi connectivity index (χ4v) is 5.16. The zero-order valence-electron chi connectivity index (χ0n) is 18.2. The van der Waals surface area contributed by atoms with Gasteiger partial charge in [-0.05, 0) is 49.6 Å². The van der Waals surface area contributed by atoms with E-state index in [1.54, 1.807) is 12.1 Å². The van der Waals surface area contributed by atoms with Gasteiger partial charge < -0.3 is 19.5 Å². The number of amides is 1. The van der Waals surface area contributed by atoms with E-state index in [1.165, 1.54) is 39.5 Å². The van der Waals surface area contributed by atoms with Crippen molar-refractivity contribution < 1.29 is 27.4 Å². The van der Waals surface area contributed by atoms with Gasteiger partial charge in [0.1, 0.15) is 10.6 Å². The van der Waals surface area contributed by atoms with Gasteiger partial charge >= 0.3 is 0 Å². The molecule has 0 aromatic heterocycles. The molecule has 2 aromatic rings. The average Bonchev–Trinajstić information content (AvgIpc) is 3.26. The van der Waals surface area contributed by atoms with Gasteiger partial charge in [-0.15, -0.1) is 0 Å². The number of sulfonamides is 1. The molecular weight excluding hydrogens is 420 g/mol. The largest absolute Gasteiger partial charge is 0.495 e. The maximum Gasteiger partial charge on any atom is 0.255 e. The average molecular weight is 449 g/mol. The zero-order chi connectivity index (χ0) is 22.6. The summed E-state index contributed by atoms with van der Waals surface area (Å²) >= 11 is 0. The molecule has 0 atom stereocenters. The fourth-order valence-electron chi connectivity index (χ4n) is 3.66. The number of carbonyl (C=O) groups is 1. The highest BCUT2D eigenvalue weighted by molar-refractivity contribution is 7.89. The number of rotatable bonds is 8. The lowest BCUT2D eigenvalue weighted by atomic mass is 10.1. The summed E-state index contributed by atoms with van der Waals surface area (Å²) in [6.07, 6.45) is 3.61. The van der Waals surface area contributed by atoms with Crippen LogP contribution in [-0.4, -0.2) is 41.7 Å². The predicted molar refractivity (Wildman–Crippen MR) is 118 cm³/mol. The molecule has 0 heterocycles. The minimum Gasteiger partial charge on any atom is -0.495 e. The molecule has 8 nitrogen and oxygen atoms in total. The van der Waals surface area contributed by atoms with Crippen LogP contribution in [0.3, 0.4) is 0 Å². The van der Waals surface area contributed by atoms with Crippen molar-refractivity contribution in [3.63, 3.8) is 0 Å². The van der Waals surface area contributed by atoms with E-state index in [0.717, 1.165) is 31.2 Å². The number of benzene rings is 2. The lowest BCUT2D eigenvalue weighted by molar-refractivity contribution is 0.102. The number of hydrogen-bond donors (Lipinski definition) is 2. The standard InChI is InChI=1S/C22H28N2O6S/c1-14-11-19(29-3)20(30-4)13-17(14)23-22(25)15-9-10-18(28-2)21(12-15)31(26,27)24-16-7-5-6-8-16/h9-13,16,24H,5-8H2,1-4H3,(H,23,25). The molecular formula is C22H28N2O6S. The van der Waals surface area contributed by atoms with Crippen LogP contribution in [0.4, 0.5) is 5.69 Å². The van der Waals surface area contributed by atoms with Crippen LogP contribution in [0.1, 0.15) is 41.6 Å². The number of aryl methyl sites for hydroxylation is 1. The van der Waals surface area contributed by atoms with Crippen molar-refractivity contribution in [3.8, 4) is 17.2 Å². The second-order valence-electron chi connectivity index (χ2n) is 7.44. The SMILES string of the molecule is COc1cc(C)c(NC(=O)c2ccc(OC)c(S(=O)(=O)NC3CCCC3)c2)cc1OC. The van der Waals surface area contributed by atoms with E-state index >= 15 is 0 Å². The number of methoxy groups -OCH3 is 3. The molecule has 1 aliphatic rings. The molecule has 0 bridgehead atoms. The number of nitrogens with one attached hydrogen (secondary N) is 2. The topological polar surface area (TPSA) is 103 Å². The minimum absolute atomic E-state index is 0.0569. The molecule has 0 unspecified atom stereocenters. The van der Waals surface area contributed by atoms with Crippen LogP contribution in [0.2, 0.25) is 0 Å². The van der Waals surface area contributed by atoms with Gasteiger partial charge in [0.15, 0.2) is 11.5 Å². The van der Waals surface area contributed by atoms with E-state index in [-0.39, 0.29) is 22.3 Å². The van der Waals surface area contributed by atoms with Crippen molar-refractivity contribution in [1.82, 2.24) is 4.72 Å². The summed E-state index contributed by atoms with van der Waals surface area (Å²) in [5.41, 5.74) is 1.50. The van der Waals surface area contributed by atoms with E-state index < -0.39 is 15.9 Å². The van der Waals surface area contributed by atoms with Crippen LogP contribution in [0.25, 0.3) is 0 Å². The Morgan fingerprint density at radius 3 is 2.16 bits per heavy atom. The normalized spacial score (nSPS) is 14.3. The Bertz CT molecular complexity index is 1060. The van der Waals surface area contributed by atoms with E-state index in [9.17, 15) is 13.2 Å². The fraction of sp³-hybridized carbons (Fsp3) is 0.409. The molecule has 9 heteroatoms. The summed E-state index contributed by atoms with van der Waals surface area (Å²) in [4.78, 5) is 12.8. The maximum atomic E-state index is 13.0. The Kier molecular flexibility index (Phi) is 7.07. The molecule has 2 N–H and O–H groups in total. The lowest BCUT2D eigenvalue weighted by Crippen LogP contribution is -2.33. The van der Waals surface area contributed by atoms with Crippen LogP contribution in [0, 0.1) is 6.92 Å². The number of ether oxygens (including phenoxy) is 3. The van der Waals surface area contributed by atoms with Crippen molar-refractivity contribution in [3.05, 3.63) is 41.5 Å². The van der Waals surface area contributed by atoms with Crippen LogP contribution >= 0.6 is 0 Å². The minimum atomic E-state index is -3.83. The lowest BCUT2D eigenvalue weighted by Gasteiger charge is -2.16. The molecule has 0 aliphatic heterocycles.